The van der Waals surface area contributed by atoms with Crippen LogP contribution in [0.25, 0.3) is 11.3 Å². The quantitative estimate of drug-likeness (QED) is 0.847. The standard InChI is InChI=1S/C18H24N4O3/c1-18(2,3)25-17(23)21-7-8-22-14(10-20-16(22)11-21)12-5-6-13(19)15(9-12)24-4/h5-6,9-10H,7-8,11,19H2,1-4H3. The van der Waals surface area contributed by atoms with E-state index in [1.165, 1.54) is 0 Å². The minimum atomic E-state index is -0.504. The highest BCUT2D eigenvalue weighted by Gasteiger charge is 2.27. The summed E-state index contributed by atoms with van der Waals surface area (Å²) in [5.74, 6) is 1.47. The highest BCUT2D eigenvalue weighted by molar-refractivity contribution is 5.69. The Kier molecular flexibility index (Phi) is 4.32. The van der Waals surface area contributed by atoms with E-state index < -0.39 is 5.60 Å². The number of methoxy groups -OCH3 is 1. The Morgan fingerprint density at radius 1 is 1.28 bits per heavy atom. The first-order chi connectivity index (χ1) is 11.8. The predicted octanol–water partition coefficient (Wildman–Crippen LogP) is 2.89. The van der Waals surface area contributed by atoms with Crippen LogP contribution in [0.5, 0.6) is 5.75 Å². The molecule has 7 heteroatoms. The van der Waals surface area contributed by atoms with E-state index in [0.717, 1.165) is 17.1 Å². The molecule has 0 fully saturated rings. The molecule has 1 amide bonds. The second-order valence-electron chi connectivity index (χ2n) is 7.07. The molecular formula is C18H24N4O3. The first kappa shape index (κ1) is 17.1. The van der Waals surface area contributed by atoms with Gasteiger partial charge in [0.05, 0.1) is 31.2 Å². The number of fused-ring (bicyclic) bond motifs is 1. The largest absolute Gasteiger partial charge is 0.495 e. The van der Waals surface area contributed by atoms with Crippen LogP contribution in [0.15, 0.2) is 24.4 Å². The molecule has 1 aliphatic heterocycles. The number of nitrogen functional groups attached to an aromatic ring is 1. The average molecular weight is 344 g/mol. The van der Waals surface area contributed by atoms with Gasteiger partial charge in [0.15, 0.2) is 0 Å². The van der Waals surface area contributed by atoms with E-state index in [0.29, 0.717) is 31.1 Å². The molecule has 0 radical (unpaired) electrons. The van der Waals surface area contributed by atoms with E-state index in [9.17, 15) is 4.79 Å². The first-order valence-corrected chi connectivity index (χ1v) is 8.24. The Balaban J connectivity index is 1.82. The predicted molar refractivity (Wildman–Crippen MR) is 95.3 cm³/mol. The lowest BCUT2D eigenvalue weighted by Gasteiger charge is -2.31. The maximum absolute atomic E-state index is 12.3. The highest BCUT2D eigenvalue weighted by Crippen LogP contribution is 2.30. The van der Waals surface area contributed by atoms with Crippen molar-refractivity contribution in [2.45, 2.75) is 39.5 Å². The van der Waals surface area contributed by atoms with Crippen molar-refractivity contribution in [3.05, 3.63) is 30.2 Å². The number of hydrogen-bond donors (Lipinski definition) is 1. The fourth-order valence-corrected chi connectivity index (χ4v) is 2.84. The monoisotopic (exact) mass is 344 g/mol. The van der Waals surface area contributed by atoms with Crippen molar-refractivity contribution in [2.75, 3.05) is 19.4 Å². The summed E-state index contributed by atoms with van der Waals surface area (Å²) in [7, 11) is 1.60. The summed E-state index contributed by atoms with van der Waals surface area (Å²) in [6.45, 7) is 7.27. The molecule has 3 rings (SSSR count). The summed E-state index contributed by atoms with van der Waals surface area (Å²) in [5, 5.41) is 0. The molecule has 1 aromatic carbocycles. The van der Waals surface area contributed by atoms with Gasteiger partial charge in [0.2, 0.25) is 0 Å². The summed E-state index contributed by atoms with van der Waals surface area (Å²) < 4.78 is 12.9. The molecule has 2 heterocycles. The van der Waals surface area contributed by atoms with Crippen molar-refractivity contribution in [3.8, 4) is 17.0 Å². The third kappa shape index (κ3) is 3.55. The van der Waals surface area contributed by atoms with Crippen LogP contribution in [0, 0.1) is 0 Å². The maximum atomic E-state index is 12.3. The smallest absolute Gasteiger partial charge is 0.410 e. The van der Waals surface area contributed by atoms with E-state index in [2.05, 4.69) is 9.55 Å². The molecule has 0 aliphatic carbocycles. The molecule has 0 bridgehead atoms. The second kappa shape index (κ2) is 6.31. The second-order valence-corrected chi connectivity index (χ2v) is 7.07. The number of amides is 1. The van der Waals surface area contributed by atoms with E-state index >= 15 is 0 Å². The van der Waals surface area contributed by atoms with Gasteiger partial charge in [0.25, 0.3) is 0 Å². The van der Waals surface area contributed by atoms with E-state index in [4.69, 9.17) is 15.2 Å². The van der Waals surface area contributed by atoms with E-state index in [1.54, 1.807) is 12.0 Å². The molecule has 0 unspecified atom stereocenters. The van der Waals surface area contributed by atoms with Crippen molar-refractivity contribution in [3.63, 3.8) is 0 Å². The van der Waals surface area contributed by atoms with Gasteiger partial charge >= 0.3 is 6.09 Å². The van der Waals surface area contributed by atoms with Gasteiger partial charge in [0.1, 0.15) is 17.2 Å². The number of benzene rings is 1. The lowest BCUT2D eigenvalue weighted by molar-refractivity contribution is 0.0196. The lowest BCUT2D eigenvalue weighted by Crippen LogP contribution is -2.41. The molecule has 134 valence electrons. The fourth-order valence-electron chi connectivity index (χ4n) is 2.84. The molecule has 1 aliphatic rings. The molecule has 0 saturated carbocycles. The first-order valence-electron chi connectivity index (χ1n) is 8.24. The van der Waals surface area contributed by atoms with Gasteiger partial charge in [-0.2, -0.15) is 0 Å². The zero-order chi connectivity index (χ0) is 18.2. The fraction of sp³-hybridized carbons (Fsp3) is 0.444. The zero-order valence-electron chi connectivity index (χ0n) is 15.1. The van der Waals surface area contributed by atoms with Gasteiger partial charge in [-0.15, -0.1) is 0 Å². The highest BCUT2D eigenvalue weighted by atomic mass is 16.6. The third-order valence-electron chi connectivity index (χ3n) is 4.04. The number of ether oxygens (including phenoxy) is 2. The van der Waals surface area contributed by atoms with Crippen LogP contribution in [0.2, 0.25) is 0 Å². The number of imidazole rings is 1. The Hall–Kier alpha value is -2.70. The summed E-state index contributed by atoms with van der Waals surface area (Å²) in [4.78, 5) is 18.4. The molecule has 0 atom stereocenters. The van der Waals surface area contributed by atoms with Gasteiger partial charge in [-0.3, -0.25) is 4.90 Å². The van der Waals surface area contributed by atoms with Gasteiger partial charge in [0, 0.05) is 18.7 Å². The SMILES string of the molecule is COc1cc(-c2cnc3n2CCN(C(=O)OC(C)(C)C)C3)ccc1N. The summed E-state index contributed by atoms with van der Waals surface area (Å²) in [6.07, 6.45) is 1.51. The number of nitrogens with zero attached hydrogens (tertiary/aromatic N) is 3. The van der Waals surface area contributed by atoms with E-state index in [-0.39, 0.29) is 6.09 Å². The molecule has 0 saturated heterocycles. The van der Waals surface area contributed by atoms with Crippen LogP contribution in [0.1, 0.15) is 26.6 Å². The number of hydrogen-bond acceptors (Lipinski definition) is 5. The van der Waals surface area contributed by atoms with Crippen LogP contribution >= 0.6 is 0 Å². The van der Waals surface area contributed by atoms with Crippen LogP contribution in [0.4, 0.5) is 10.5 Å². The number of rotatable bonds is 2. The zero-order valence-corrected chi connectivity index (χ0v) is 15.1. The van der Waals surface area contributed by atoms with Crippen molar-refractivity contribution in [2.24, 2.45) is 0 Å². The Labute approximate surface area is 147 Å². The minimum absolute atomic E-state index is 0.308. The average Bonchev–Trinajstić information content (AvgIpc) is 2.97. The minimum Gasteiger partial charge on any atom is -0.495 e. The third-order valence-corrected chi connectivity index (χ3v) is 4.04. The van der Waals surface area contributed by atoms with Crippen LogP contribution < -0.4 is 10.5 Å². The van der Waals surface area contributed by atoms with Gasteiger partial charge in [-0.1, -0.05) is 6.07 Å². The molecule has 1 aromatic heterocycles. The Morgan fingerprint density at radius 3 is 2.72 bits per heavy atom. The molecule has 2 aromatic rings. The Morgan fingerprint density at radius 2 is 2.04 bits per heavy atom. The normalized spacial score (nSPS) is 14.2. The topological polar surface area (TPSA) is 82.6 Å². The van der Waals surface area contributed by atoms with Gasteiger partial charge < -0.3 is 19.8 Å². The number of aromatic nitrogens is 2. The van der Waals surface area contributed by atoms with Crippen molar-refractivity contribution < 1.29 is 14.3 Å². The Bertz CT molecular complexity index is 792. The van der Waals surface area contributed by atoms with Gasteiger partial charge in [-0.05, 0) is 32.9 Å². The van der Waals surface area contributed by atoms with Crippen molar-refractivity contribution in [1.82, 2.24) is 14.5 Å². The van der Waals surface area contributed by atoms with Crippen molar-refractivity contribution in [1.29, 1.82) is 0 Å². The van der Waals surface area contributed by atoms with E-state index in [1.807, 2.05) is 45.2 Å². The van der Waals surface area contributed by atoms with Crippen LogP contribution in [-0.4, -0.2) is 39.8 Å². The number of anilines is 1. The number of nitrogens with two attached hydrogens (primary N) is 1. The lowest BCUT2D eigenvalue weighted by atomic mass is 10.1. The molecular weight excluding hydrogens is 320 g/mol. The summed E-state index contributed by atoms with van der Waals surface area (Å²) >= 11 is 0. The summed E-state index contributed by atoms with van der Waals surface area (Å²) in [6, 6.07) is 5.67. The molecule has 25 heavy (non-hydrogen) atoms. The van der Waals surface area contributed by atoms with Crippen LogP contribution in [-0.2, 0) is 17.8 Å². The molecule has 7 nitrogen and oxygen atoms in total. The maximum Gasteiger partial charge on any atom is 0.410 e. The number of carbonyl (C=O) groups is 1. The molecule has 0 spiro atoms. The van der Waals surface area contributed by atoms with Crippen LogP contribution in [0.3, 0.4) is 0 Å². The molecule has 2 N–H and O–H groups in total. The summed E-state index contributed by atoms with van der Waals surface area (Å²) in [5.41, 5.74) is 7.95. The van der Waals surface area contributed by atoms with Crippen molar-refractivity contribution >= 4 is 11.8 Å². The number of carbonyl (C=O) groups excluding carboxylic acids is 1. The van der Waals surface area contributed by atoms with Gasteiger partial charge in [-0.25, -0.2) is 9.78 Å².